The van der Waals surface area contributed by atoms with Crippen molar-refractivity contribution in [1.82, 2.24) is 35.3 Å². The van der Waals surface area contributed by atoms with Crippen LogP contribution in [0.4, 0.5) is 8.78 Å². The first-order chi connectivity index (χ1) is 17.5. The summed E-state index contributed by atoms with van der Waals surface area (Å²) < 4.78 is 42.4. The minimum atomic E-state index is -2.63. The van der Waals surface area contributed by atoms with Crippen LogP contribution < -0.4 is 10.1 Å². The molecule has 0 aliphatic heterocycles. The number of pyridine rings is 1. The summed E-state index contributed by atoms with van der Waals surface area (Å²) in [6.07, 6.45) is -1.33. The van der Waals surface area contributed by atoms with E-state index in [9.17, 15) is 13.6 Å². The first kappa shape index (κ1) is 23.2. The van der Waals surface area contributed by atoms with Gasteiger partial charge in [0.15, 0.2) is 17.1 Å². The molecule has 13 heteroatoms. The van der Waals surface area contributed by atoms with E-state index in [4.69, 9.17) is 14.0 Å². The molecule has 0 bridgehead atoms. The summed E-state index contributed by atoms with van der Waals surface area (Å²) in [6, 6.07) is 12.2. The fourth-order valence-electron chi connectivity index (χ4n) is 3.51. The van der Waals surface area contributed by atoms with Crippen LogP contribution in [0, 0.1) is 0 Å². The van der Waals surface area contributed by atoms with Crippen molar-refractivity contribution >= 4 is 22.3 Å². The van der Waals surface area contributed by atoms with Gasteiger partial charge in [0.25, 0.3) is 12.3 Å². The van der Waals surface area contributed by atoms with Crippen molar-refractivity contribution in [3.05, 3.63) is 65.7 Å². The molecule has 0 fully saturated rings. The van der Waals surface area contributed by atoms with Gasteiger partial charge in [-0.3, -0.25) is 9.78 Å². The average molecular weight is 495 g/mol. The summed E-state index contributed by atoms with van der Waals surface area (Å²) >= 11 is 0. The number of rotatable bonds is 9. The number of nitrogens with zero attached hydrogens (tertiary/aromatic N) is 6. The van der Waals surface area contributed by atoms with Gasteiger partial charge in [0, 0.05) is 30.1 Å². The fraction of sp³-hybridized carbons (Fsp3) is 0.217. The van der Waals surface area contributed by atoms with Gasteiger partial charge in [-0.05, 0) is 18.2 Å². The number of carbonyl (C=O) groups is 1. The normalized spacial score (nSPS) is 11.4. The smallest absolute Gasteiger partial charge is 0.255 e. The SMILES string of the molecule is COCc1cc(-c2nnc3c4ccccc4c(OCc4ccc(C(=O)NCC(F)F)cn4)nn23)no1. The Morgan fingerprint density at radius 3 is 2.72 bits per heavy atom. The van der Waals surface area contributed by atoms with Crippen LogP contribution in [0.1, 0.15) is 21.8 Å². The molecule has 4 heterocycles. The average Bonchev–Trinajstić information content (AvgIpc) is 3.53. The summed E-state index contributed by atoms with van der Waals surface area (Å²) in [5.74, 6) is 0.568. The van der Waals surface area contributed by atoms with Crippen LogP contribution in [0.5, 0.6) is 5.88 Å². The number of ether oxygens (including phenoxy) is 2. The minimum Gasteiger partial charge on any atom is -0.470 e. The number of fused-ring (bicyclic) bond motifs is 3. The highest BCUT2D eigenvalue weighted by Crippen LogP contribution is 2.29. The summed E-state index contributed by atoms with van der Waals surface area (Å²) in [5, 5.41) is 20.7. The molecule has 1 amide bonds. The van der Waals surface area contributed by atoms with E-state index in [1.54, 1.807) is 19.2 Å². The van der Waals surface area contributed by atoms with Crippen molar-refractivity contribution in [1.29, 1.82) is 0 Å². The molecule has 0 atom stereocenters. The molecule has 0 radical (unpaired) electrons. The van der Waals surface area contributed by atoms with Gasteiger partial charge in [0.1, 0.15) is 13.2 Å². The molecule has 4 aromatic heterocycles. The molecule has 0 saturated carbocycles. The highest BCUT2D eigenvalue weighted by atomic mass is 19.3. The van der Waals surface area contributed by atoms with Crippen LogP contribution in [-0.2, 0) is 18.0 Å². The molecule has 0 aliphatic rings. The van der Waals surface area contributed by atoms with Crippen LogP contribution in [0.25, 0.3) is 27.9 Å². The lowest BCUT2D eigenvalue weighted by molar-refractivity contribution is 0.0891. The van der Waals surface area contributed by atoms with E-state index < -0.39 is 18.9 Å². The molecule has 0 unspecified atom stereocenters. The van der Waals surface area contributed by atoms with E-state index in [2.05, 4.69) is 30.8 Å². The number of amides is 1. The molecule has 0 spiro atoms. The Morgan fingerprint density at radius 2 is 1.97 bits per heavy atom. The highest BCUT2D eigenvalue weighted by molar-refractivity contribution is 5.97. The van der Waals surface area contributed by atoms with Gasteiger partial charge >= 0.3 is 0 Å². The van der Waals surface area contributed by atoms with Gasteiger partial charge in [0.05, 0.1) is 17.8 Å². The molecule has 36 heavy (non-hydrogen) atoms. The Labute approximate surface area is 202 Å². The molecule has 184 valence electrons. The maximum Gasteiger partial charge on any atom is 0.255 e. The van der Waals surface area contributed by atoms with E-state index in [1.807, 2.05) is 24.3 Å². The molecular formula is C23H19F2N7O4. The van der Waals surface area contributed by atoms with E-state index in [0.29, 0.717) is 39.9 Å². The standard InChI is InChI=1S/C23H19F2N7O4/c1-34-12-15-8-18(31-36-15)21-29-28-20-16-4-2-3-5-17(16)23(30-32(20)21)35-11-14-7-6-13(9-26-14)22(33)27-10-19(24)25/h2-9,19H,10-12H2,1H3,(H,27,33). The first-order valence-corrected chi connectivity index (χ1v) is 10.8. The number of carbonyl (C=O) groups excluding carboxylic acids is 1. The lowest BCUT2D eigenvalue weighted by Crippen LogP contribution is -2.28. The lowest BCUT2D eigenvalue weighted by atomic mass is 10.2. The van der Waals surface area contributed by atoms with Crippen LogP contribution >= 0.6 is 0 Å². The molecule has 5 aromatic rings. The van der Waals surface area contributed by atoms with Crippen molar-refractivity contribution in [3.63, 3.8) is 0 Å². The number of hydrogen-bond acceptors (Lipinski definition) is 9. The highest BCUT2D eigenvalue weighted by Gasteiger charge is 2.19. The lowest BCUT2D eigenvalue weighted by Gasteiger charge is -2.10. The zero-order chi connectivity index (χ0) is 25.1. The molecule has 1 aromatic carbocycles. The number of benzene rings is 1. The van der Waals surface area contributed by atoms with Crippen LogP contribution in [0.2, 0.25) is 0 Å². The van der Waals surface area contributed by atoms with E-state index in [-0.39, 0.29) is 18.8 Å². The Bertz CT molecular complexity index is 1520. The molecule has 11 nitrogen and oxygen atoms in total. The van der Waals surface area contributed by atoms with Crippen molar-refractivity contribution < 1.29 is 27.6 Å². The number of methoxy groups -OCH3 is 1. The number of alkyl halides is 2. The quantitative estimate of drug-likeness (QED) is 0.328. The maximum absolute atomic E-state index is 12.3. The van der Waals surface area contributed by atoms with Gasteiger partial charge in [-0.15, -0.1) is 15.3 Å². The third kappa shape index (κ3) is 4.68. The van der Waals surface area contributed by atoms with Gasteiger partial charge < -0.3 is 19.3 Å². The third-order valence-electron chi connectivity index (χ3n) is 5.17. The Kier molecular flexibility index (Phi) is 6.45. The van der Waals surface area contributed by atoms with E-state index in [1.165, 1.54) is 16.8 Å². The Hall–Kier alpha value is -4.52. The summed E-state index contributed by atoms with van der Waals surface area (Å²) in [6.45, 7) is -0.424. The largest absolute Gasteiger partial charge is 0.470 e. The van der Waals surface area contributed by atoms with Crippen molar-refractivity contribution in [2.75, 3.05) is 13.7 Å². The predicted molar refractivity (Wildman–Crippen MR) is 121 cm³/mol. The van der Waals surface area contributed by atoms with E-state index >= 15 is 0 Å². The molecule has 0 aliphatic carbocycles. The molecule has 0 saturated heterocycles. The number of halogens is 2. The molecule has 5 rings (SSSR count). The first-order valence-electron chi connectivity index (χ1n) is 10.8. The summed E-state index contributed by atoms with van der Waals surface area (Å²) in [4.78, 5) is 16.1. The van der Waals surface area contributed by atoms with Gasteiger partial charge in [-0.1, -0.05) is 23.4 Å². The zero-order valence-corrected chi connectivity index (χ0v) is 18.9. The molecule has 1 N–H and O–H groups in total. The summed E-state index contributed by atoms with van der Waals surface area (Å²) in [7, 11) is 1.55. The second-order valence-electron chi connectivity index (χ2n) is 7.65. The van der Waals surface area contributed by atoms with Gasteiger partial charge in [-0.2, -0.15) is 4.52 Å². The second kappa shape index (κ2) is 10.00. The maximum atomic E-state index is 12.3. The second-order valence-corrected chi connectivity index (χ2v) is 7.65. The van der Waals surface area contributed by atoms with Crippen molar-refractivity contribution in [3.8, 4) is 17.4 Å². The Morgan fingerprint density at radius 1 is 1.14 bits per heavy atom. The third-order valence-corrected chi connectivity index (χ3v) is 5.17. The number of nitrogens with one attached hydrogen (secondary N) is 1. The van der Waals surface area contributed by atoms with Gasteiger partial charge in [0.2, 0.25) is 11.7 Å². The number of hydrogen-bond donors (Lipinski definition) is 1. The number of aromatic nitrogens is 6. The van der Waals surface area contributed by atoms with Crippen molar-refractivity contribution in [2.24, 2.45) is 0 Å². The van der Waals surface area contributed by atoms with Crippen molar-refractivity contribution in [2.45, 2.75) is 19.6 Å². The minimum absolute atomic E-state index is 0.0425. The predicted octanol–water partition coefficient (Wildman–Crippen LogP) is 3.05. The zero-order valence-electron chi connectivity index (χ0n) is 18.9. The fourth-order valence-corrected chi connectivity index (χ4v) is 3.51. The van der Waals surface area contributed by atoms with Crippen LogP contribution in [0.15, 0.2) is 53.2 Å². The summed E-state index contributed by atoms with van der Waals surface area (Å²) in [5.41, 5.74) is 1.63. The molecular weight excluding hydrogens is 476 g/mol. The monoisotopic (exact) mass is 495 g/mol. The van der Waals surface area contributed by atoms with Gasteiger partial charge in [-0.25, -0.2) is 8.78 Å². The van der Waals surface area contributed by atoms with Crippen LogP contribution in [-0.4, -0.2) is 55.9 Å². The Balaban J connectivity index is 1.42. The topological polar surface area (TPSA) is 130 Å². The van der Waals surface area contributed by atoms with Crippen LogP contribution in [0.3, 0.4) is 0 Å². The van der Waals surface area contributed by atoms with E-state index in [0.717, 1.165) is 5.39 Å².